The van der Waals surface area contributed by atoms with Crippen molar-refractivity contribution in [1.82, 2.24) is 5.01 Å². The van der Waals surface area contributed by atoms with Crippen molar-refractivity contribution in [3.63, 3.8) is 0 Å². The van der Waals surface area contributed by atoms with Crippen molar-refractivity contribution in [2.24, 2.45) is 5.10 Å². The predicted molar refractivity (Wildman–Crippen MR) is 94.1 cm³/mol. The van der Waals surface area contributed by atoms with E-state index >= 15 is 0 Å². The monoisotopic (exact) mass is 340 g/mol. The molecule has 0 fully saturated rings. The summed E-state index contributed by atoms with van der Waals surface area (Å²) >= 11 is 0. The van der Waals surface area contributed by atoms with Gasteiger partial charge in [0.15, 0.2) is 11.5 Å². The van der Waals surface area contributed by atoms with Crippen LogP contribution in [0.2, 0.25) is 0 Å². The Balaban J connectivity index is 1.98. The van der Waals surface area contributed by atoms with Gasteiger partial charge in [0, 0.05) is 18.9 Å². The molecule has 1 aliphatic rings. The molecule has 0 aliphatic carbocycles. The molecular formula is C19H20N2O4. The number of hydrogen-bond acceptors (Lipinski definition) is 5. The first kappa shape index (κ1) is 16.8. The summed E-state index contributed by atoms with van der Waals surface area (Å²) in [5, 5.41) is 16.0. The van der Waals surface area contributed by atoms with Crippen molar-refractivity contribution in [2.75, 3.05) is 14.2 Å². The summed E-state index contributed by atoms with van der Waals surface area (Å²) in [5.74, 6) is 1.21. The Labute approximate surface area is 146 Å². The van der Waals surface area contributed by atoms with Crippen LogP contribution in [0.3, 0.4) is 0 Å². The topological polar surface area (TPSA) is 71.4 Å². The maximum Gasteiger partial charge on any atom is 0.240 e. The van der Waals surface area contributed by atoms with Gasteiger partial charge in [0.25, 0.3) is 0 Å². The molecule has 0 radical (unpaired) electrons. The highest BCUT2D eigenvalue weighted by Gasteiger charge is 2.32. The average molecular weight is 340 g/mol. The smallest absolute Gasteiger partial charge is 0.240 e. The Hall–Kier alpha value is -3.02. The number of para-hydroxylation sites is 1. The Bertz CT molecular complexity index is 832. The molecule has 0 aromatic heterocycles. The highest BCUT2D eigenvalue weighted by atomic mass is 16.5. The summed E-state index contributed by atoms with van der Waals surface area (Å²) < 4.78 is 10.6. The average Bonchev–Trinajstić information content (AvgIpc) is 3.07. The third kappa shape index (κ3) is 3.15. The SMILES string of the molecule is COc1ccc([C@@H]2CC(c3ccccc3O)=NN2C(C)=O)cc1OC. The van der Waals surface area contributed by atoms with E-state index in [1.165, 1.54) is 11.9 Å². The number of rotatable bonds is 4. The van der Waals surface area contributed by atoms with Crippen LogP contribution < -0.4 is 9.47 Å². The number of phenolic OH excluding ortho intramolecular Hbond substituents is 1. The molecule has 25 heavy (non-hydrogen) atoms. The number of phenols is 1. The Morgan fingerprint density at radius 1 is 1.16 bits per heavy atom. The third-order valence-corrected chi connectivity index (χ3v) is 4.24. The molecule has 0 saturated heterocycles. The van der Waals surface area contributed by atoms with Gasteiger partial charge in [0.2, 0.25) is 5.91 Å². The van der Waals surface area contributed by atoms with Gasteiger partial charge in [-0.1, -0.05) is 18.2 Å². The van der Waals surface area contributed by atoms with E-state index in [-0.39, 0.29) is 17.7 Å². The minimum atomic E-state index is -0.257. The third-order valence-electron chi connectivity index (χ3n) is 4.24. The van der Waals surface area contributed by atoms with Crippen molar-refractivity contribution < 1.29 is 19.4 Å². The zero-order valence-electron chi connectivity index (χ0n) is 14.4. The van der Waals surface area contributed by atoms with Gasteiger partial charge in [-0.15, -0.1) is 0 Å². The lowest BCUT2D eigenvalue weighted by molar-refractivity contribution is -0.130. The lowest BCUT2D eigenvalue weighted by Gasteiger charge is -2.21. The van der Waals surface area contributed by atoms with E-state index in [0.717, 1.165) is 5.56 Å². The summed E-state index contributed by atoms with van der Waals surface area (Å²) in [6.07, 6.45) is 0.507. The molecule has 0 saturated carbocycles. The van der Waals surface area contributed by atoms with Crippen molar-refractivity contribution in [3.8, 4) is 17.2 Å². The number of amides is 1. The highest BCUT2D eigenvalue weighted by Crippen LogP contribution is 2.38. The predicted octanol–water partition coefficient (Wildman–Crippen LogP) is 3.11. The first-order valence-corrected chi connectivity index (χ1v) is 7.92. The van der Waals surface area contributed by atoms with E-state index in [1.54, 1.807) is 32.4 Å². The summed E-state index contributed by atoms with van der Waals surface area (Å²) in [6, 6.07) is 12.3. The van der Waals surface area contributed by atoms with Crippen LogP contribution >= 0.6 is 0 Å². The minimum Gasteiger partial charge on any atom is -0.507 e. The molecule has 1 amide bonds. The zero-order valence-corrected chi connectivity index (χ0v) is 14.4. The number of aromatic hydroxyl groups is 1. The van der Waals surface area contributed by atoms with E-state index in [9.17, 15) is 9.90 Å². The molecule has 1 heterocycles. The van der Waals surface area contributed by atoms with E-state index in [1.807, 2.05) is 24.3 Å². The number of nitrogens with zero attached hydrogens (tertiary/aromatic N) is 2. The summed E-state index contributed by atoms with van der Waals surface area (Å²) in [4.78, 5) is 12.1. The van der Waals surface area contributed by atoms with Gasteiger partial charge in [-0.3, -0.25) is 4.79 Å². The van der Waals surface area contributed by atoms with Crippen LogP contribution in [-0.4, -0.2) is 36.0 Å². The van der Waals surface area contributed by atoms with Crippen LogP contribution in [0.15, 0.2) is 47.6 Å². The second-order valence-corrected chi connectivity index (χ2v) is 5.76. The number of methoxy groups -OCH3 is 2. The standard InChI is InChI=1S/C19H20N2O4/c1-12(22)21-16(13-8-9-18(24-2)19(10-13)25-3)11-15(20-21)14-6-4-5-7-17(14)23/h4-10,16,23H,11H2,1-3H3/t16-/m0/s1. The van der Waals surface area contributed by atoms with Crippen LogP contribution in [0.1, 0.15) is 30.5 Å². The summed E-state index contributed by atoms with van der Waals surface area (Å²) in [7, 11) is 3.15. The van der Waals surface area contributed by atoms with Crippen molar-refractivity contribution in [2.45, 2.75) is 19.4 Å². The quantitative estimate of drug-likeness (QED) is 0.928. The summed E-state index contributed by atoms with van der Waals surface area (Å²) in [5.41, 5.74) is 2.20. The first-order chi connectivity index (χ1) is 12.0. The maximum absolute atomic E-state index is 12.1. The van der Waals surface area contributed by atoms with Gasteiger partial charge in [0.1, 0.15) is 5.75 Å². The highest BCUT2D eigenvalue weighted by molar-refractivity contribution is 6.05. The van der Waals surface area contributed by atoms with E-state index < -0.39 is 0 Å². The van der Waals surface area contributed by atoms with Crippen molar-refractivity contribution >= 4 is 11.6 Å². The minimum absolute atomic E-state index is 0.151. The van der Waals surface area contributed by atoms with E-state index in [0.29, 0.717) is 29.2 Å². The fourth-order valence-corrected chi connectivity index (χ4v) is 3.00. The molecule has 0 bridgehead atoms. The van der Waals surface area contributed by atoms with Gasteiger partial charge in [0.05, 0.1) is 26.0 Å². The second kappa shape index (κ2) is 6.84. The van der Waals surface area contributed by atoms with Gasteiger partial charge in [-0.2, -0.15) is 5.10 Å². The first-order valence-electron chi connectivity index (χ1n) is 7.92. The van der Waals surface area contributed by atoms with Gasteiger partial charge in [-0.05, 0) is 29.8 Å². The van der Waals surface area contributed by atoms with Crippen LogP contribution in [0.25, 0.3) is 0 Å². The molecule has 0 unspecified atom stereocenters. The molecule has 0 spiro atoms. The molecule has 3 rings (SSSR count). The molecule has 6 heteroatoms. The lowest BCUT2D eigenvalue weighted by Crippen LogP contribution is -2.24. The number of carbonyl (C=O) groups excluding carboxylic acids is 1. The molecule has 1 aliphatic heterocycles. The largest absolute Gasteiger partial charge is 0.507 e. The van der Waals surface area contributed by atoms with Crippen LogP contribution in [0.4, 0.5) is 0 Å². The lowest BCUT2D eigenvalue weighted by atomic mass is 9.97. The van der Waals surface area contributed by atoms with E-state index in [4.69, 9.17) is 9.47 Å². The molecule has 6 nitrogen and oxygen atoms in total. The van der Waals surface area contributed by atoms with Gasteiger partial charge >= 0.3 is 0 Å². The molecule has 2 aromatic carbocycles. The molecule has 1 atom stereocenters. The molecule has 130 valence electrons. The number of carbonyl (C=O) groups is 1. The Kier molecular flexibility index (Phi) is 4.61. The fraction of sp³-hybridized carbons (Fsp3) is 0.263. The normalized spacial score (nSPS) is 16.5. The molecular weight excluding hydrogens is 320 g/mol. The van der Waals surface area contributed by atoms with Gasteiger partial charge < -0.3 is 14.6 Å². The number of ether oxygens (including phenoxy) is 2. The van der Waals surface area contributed by atoms with Crippen LogP contribution in [-0.2, 0) is 4.79 Å². The Morgan fingerprint density at radius 3 is 2.52 bits per heavy atom. The number of hydrazone groups is 1. The van der Waals surface area contributed by atoms with Crippen molar-refractivity contribution in [1.29, 1.82) is 0 Å². The van der Waals surface area contributed by atoms with Gasteiger partial charge in [-0.25, -0.2) is 5.01 Å². The van der Waals surface area contributed by atoms with Crippen LogP contribution in [0.5, 0.6) is 17.2 Å². The fourth-order valence-electron chi connectivity index (χ4n) is 3.00. The van der Waals surface area contributed by atoms with E-state index in [2.05, 4.69) is 5.10 Å². The zero-order chi connectivity index (χ0) is 18.0. The molecule has 2 aromatic rings. The van der Waals surface area contributed by atoms with Crippen molar-refractivity contribution in [3.05, 3.63) is 53.6 Å². The summed E-state index contributed by atoms with van der Waals surface area (Å²) in [6.45, 7) is 1.48. The second-order valence-electron chi connectivity index (χ2n) is 5.76. The van der Waals surface area contributed by atoms with Crippen LogP contribution in [0, 0.1) is 0 Å². The number of hydrogen-bond donors (Lipinski definition) is 1. The maximum atomic E-state index is 12.1. The molecule has 1 N–H and O–H groups in total. The Morgan fingerprint density at radius 2 is 1.88 bits per heavy atom. The number of benzene rings is 2.